The van der Waals surface area contributed by atoms with Gasteiger partial charge in [-0.1, -0.05) is 6.07 Å². The van der Waals surface area contributed by atoms with Crippen LogP contribution in [0.15, 0.2) is 36.9 Å². The van der Waals surface area contributed by atoms with Crippen LogP contribution >= 0.6 is 0 Å². The third kappa shape index (κ3) is 2.71. The second kappa shape index (κ2) is 5.32. The summed E-state index contributed by atoms with van der Waals surface area (Å²) in [7, 11) is 0. The molecule has 19 heavy (non-hydrogen) atoms. The maximum absolute atomic E-state index is 5.39. The number of nitrogens with one attached hydrogen (secondary N) is 1. The van der Waals surface area contributed by atoms with Crippen LogP contribution in [-0.2, 0) is 6.54 Å². The maximum Gasteiger partial charge on any atom is 0.231 e. The maximum atomic E-state index is 5.39. The number of rotatable bonds is 5. The van der Waals surface area contributed by atoms with Gasteiger partial charge in [0.15, 0.2) is 11.5 Å². The molecule has 1 N–H and O–H groups in total. The second-order valence-corrected chi connectivity index (χ2v) is 4.59. The van der Waals surface area contributed by atoms with Gasteiger partial charge >= 0.3 is 0 Å². The van der Waals surface area contributed by atoms with Crippen LogP contribution < -0.4 is 14.8 Å². The molecule has 1 aromatic carbocycles. The lowest BCUT2D eigenvalue weighted by molar-refractivity contribution is 0.174. The van der Waals surface area contributed by atoms with Crippen molar-refractivity contribution in [1.82, 2.24) is 14.9 Å². The average molecular weight is 259 g/mol. The monoisotopic (exact) mass is 259 g/mol. The Labute approximate surface area is 112 Å². The first-order valence-corrected chi connectivity index (χ1v) is 6.41. The number of aromatic nitrogens is 2. The summed E-state index contributed by atoms with van der Waals surface area (Å²) in [5.41, 5.74) is 1.20. The quantitative estimate of drug-likeness (QED) is 0.891. The summed E-state index contributed by atoms with van der Waals surface area (Å²) < 4.78 is 12.8. The van der Waals surface area contributed by atoms with E-state index in [0.29, 0.717) is 6.79 Å². The standard InChI is InChI=1S/C14H17N3O2/c1-11(16-5-7-17-6-4-15-9-17)12-2-3-13-14(8-12)19-10-18-13/h2-4,6,8-9,11,16H,5,7,10H2,1H3. The molecule has 0 radical (unpaired) electrons. The molecule has 2 aromatic rings. The van der Waals surface area contributed by atoms with Crippen LogP contribution in [0.3, 0.4) is 0 Å². The molecule has 1 aliphatic rings. The molecule has 0 aliphatic carbocycles. The van der Waals surface area contributed by atoms with Crippen LogP contribution in [0.25, 0.3) is 0 Å². The number of nitrogens with zero attached hydrogens (tertiary/aromatic N) is 2. The Bertz CT molecular complexity index is 540. The van der Waals surface area contributed by atoms with Gasteiger partial charge in [0.25, 0.3) is 0 Å². The van der Waals surface area contributed by atoms with Crippen molar-refractivity contribution in [3.05, 3.63) is 42.5 Å². The molecule has 1 aromatic heterocycles. The van der Waals surface area contributed by atoms with Crippen molar-refractivity contribution in [2.45, 2.75) is 19.5 Å². The van der Waals surface area contributed by atoms with E-state index in [4.69, 9.17) is 9.47 Å². The zero-order valence-electron chi connectivity index (χ0n) is 10.9. The Morgan fingerprint density at radius 1 is 1.37 bits per heavy atom. The fourth-order valence-electron chi connectivity index (χ4n) is 2.13. The number of imidazole rings is 1. The Morgan fingerprint density at radius 3 is 3.11 bits per heavy atom. The molecule has 100 valence electrons. The molecule has 5 heteroatoms. The molecule has 0 saturated heterocycles. The van der Waals surface area contributed by atoms with Gasteiger partial charge in [-0.3, -0.25) is 0 Å². The van der Waals surface area contributed by atoms with E-state index >= 15 is 0 Å². The Kier molecular flexibility index (Phi) is 3.37. The summed E-state index contributed by atoms with van der Waals surface area (Å²) >= 11 is 0. The molecule has 0 fully saturated rings. The highest BCUT2D eigenvalue weighted by Gasteiger charge is 2.15. The van der Waals surface area contributed by atoms with E-state index in [1.54, 1.807) is 6.20 Å². The highest BCUT2D eigenvalue weighted by Crippen LogP contribution is 2.33. The molecule has 0 spiro atoms. The van der Waals surface area contributed by atoms with Crippen molar-refractivity contribution < 1.29 is 9.47 Å². The molecular formula is C14H17N3O2. The van der Waals surface area contributed by atoms with Crippen LogP contribution in [0, 0.1) is 0 Å². The fraction of sp³-hybridized carbons (Fsp3) is 0.357. The normalized spacial score (nSPS) is 14.6. The van der Waals surface area contributed by atoms with Crippen molar-refractivity contribution in [3.63, 3.8) is 0 Å². The lowest BCUT2D eigenvalue weighted by Crippen LogP contribution is -2.23. The first-order valence-electron chi connectivity index (χ1n) is 6.41. The van der Waals surface area contributed by atoms with Crippen LogP contribution in [-0.4, -0.2) is 22.9 Å². The van der Waals surface area contributed by atoms with Crippen LogP contribution in [0.2, 0.25) is 0 Å². The van der Waals surface area contributed by atoms with Gasteiger partial charge in [-0.05, 0) is 24.6 Å². The van der Waals surface area contributed by atoms with Gasteiger partial charge < -0.3 is 19.4 Å². The van der Waals surface area contributed by atoms with E-state index in [9.17, 15) is 0 Å². The molecule has 0 bridgehead atoms. The highest BCUT2D eigenvalue weighted by atomic mass is 16.7. The summed E-state index contributed by atoms with van der Waals surface area (Å²) in [6, 6.07) is 6.35. The Morgan fingerprint density at radius 2 is 2.26 bits per heavy atom. The zero-order valence-corrected chi connectivity index (χ0v) is 10.9. The van der Waals surface area contributed by atoms with Gasteiger partial charge in [0.1, 0.15) is 0 Å². The highest BCUT2D eigenvalue weighted by molar-refractivity contribution is 5.45. The zero-order chi connectivity index (χ0) is 13.1. The number of hydrogen-bond donors (Lipinski definition) is 1. The minimum absolute atomic E-state index is 0.276. The third-order valence-electron chi connectivity index (χ3n) is 3.28. The van der Waals surface area contributed by atoms with Crippen molar-refractivity contribution in [3.8, 4) is 11.5 Å². The van der Waals surface area contributed by atoms with Gasteiger partial charge in [0, 0.05) is 31.5 Å². The van der Waals surface area contributed by atoms with Crippen molar-refractivity contribution in [2.24, 2.45) is 0 Å². The molecule has 5 nitrogen and oxygen atoms in total. The molecule has 0 amide bonds. The molecule has 2 heterocycles. The van der Waals surface area contributed by atoms with Gasteiger partial charge in [0.05, 0.1) is 6.33 Å². The molecule has 0 saturated carbocycles. The second-order valence-electron chi connectivity index (χ2n) is 4.59. The van der Waals surface area contributed by atoms with Crippen LogP contribution in [0.5, 0.6) is 11.5 Å². The minimum atomic E-state index is 0.276. The summed E-state index contributed by atoms with van der Waals surface area (Å²) in [5, 5.41) is 3.48. The molecule has 1 atom stereocenters. The lowest BCUT2D eigenvalue weighted by atomic mass is 10.1. The summed E-state index contributed by atoms with van der Waals surface area (Å²) in [4.78, 5) is 4.02. The van der Waals surface area contributed by atoms with Gasteiger partial charge in [-0.2, -0.15) is 0 Å². The van der Waals surface area contributed by atoms with Crippen LogP contribution in [0.1, 0.15) is 18.5 Å². The summed E-state index contributed by atoms with van der Waals surface area (Å²) in [5.74, 6) is 1.66. The summed E-state index contributed by atoms with van der Waals surface area (Å²) in [6.07, 6.45) is 5.58. The smallest absolute Gasteiger partial charge is 0.231 e. The topological polar surface area (TPSA) is 48.3 Å². The summed E-state index contributed by atoms with van der Waals surface area (Å²) in [6.45, 7) is 4.27. The van der Waals surface area contributed by atoms with E-state index < -0.39 is 0 Å². The molecular weight excluding hydrogens is 242 g/mol. The van der Waals surface area contributed by atoms with E-state index in [0.717, 1.165) is 24.6 Å². The lowest BCUT2D eigenvalue weighted by Gasteiger charge is -2.14. The largest absolute Gasteiger partial charge is 0.454 e. The Balaban J connectivity index is 1.56. The fourth-order valence-corrected chi connectivity index (χ4v) is 2.13. The van der Waals surface area contributed by atoms with Gasteiger partial charge in [-0.15, -0.1) is 0 Å². The third-order valence-corrected chi connectivity index (χ3v) is 3.28. The van der Waals surface area contributed by atoms with E-state index in [2.05, 4.69) is 27.9 Å². The number of fused-ring (bicyclic) bond motifs is 1. The average Bonchev–Trinajstić information content (AvgIpc) is 3.08. The number of hydrogen-bond acceptors (Lipinski definition) is 4. The van der Waals surface area contributed by atoms with Crippen LogP contribution in [0.4, 0.5) is 0 Å². The predicted octanol–water partition coefficient (Wildman–Crippen LogP) is 1.96. The van der Waals surface area contributed by atoms with Crippen molar-refractivity contribution in [2.75, 3.05) is 13.3 Å². The molecule has 1 aliphatic heterocycles. The van der Waals surface area contributed by atoms with Gasteiger partial charge in [0.2, 0.25) is 6.79 Å². The van der Waals surface area contributed by atoms with E-state index in [1.807, 2.05) is 24.7 Å². The van der Waals surface area contributed by atoms with E-state index in [1.165, 1.54) is 5.56 Å². The predicted molar refractivity (Wildman–Crippen MR) is 71.2 cm³/mol. The van der Waals surface area contributed by atoms with Crippen molar-refractivity contribution >= 4 is 0 Å². The Hall–Kier alpha value is -2.01. The van der Waals surface area contributed by atoms with Gasteiger partial charge in [-0.25, -0.2) is 4.98 Å². The molecule has 1 unspecified atom stereocenters. The first kappa shape index (κ1) is 12.0. The van der Waals surface area contributed by atoms with E-state index in [-0.39, 0.29) is 6.04 Å². The number of benzene rings is 1. The number of ether oxygens (including phenoxy) is 2. The van der Waals surface area contributed by atoms with Crippen molar-refractivity contribution in [1.29, 1.82) is 0 Å². The minimum Gasteiger partial charge on any atom is -0.454 e. The SMILES string of the molecule is CC(NCCn1ccnc1)c1ccc2c(c1)OCO2. The molecule has 3 rings (SSSR count). The first-order chi connectivity index (χ1) is 9.33.